The summed E-state index contributed by atoms with van der Waals surface area (Å²) < 4.78 is 52.5. The fourth-order valence-corrected chi connectivity index (χ4v) is 1.32. The number of hydrogen-bond acceptors (Lipinski definition) is 3. The first-order valence-electron chi connectivity index (χ1n) is 4.55. The van der Waals surface area contributed by atoms with Gasteiger partial charge in [0.2, 0.25) is 5.88 Å². The van der Waals surface area contributed by atoms with E-state index in [1.807, 2.05) is 0 Å². The molecule has 0 radical (unpaired) electrons. The van der Waals surface area contributed by atoms with Crippen LogP contribution in [0.3, 0.4) is 0 Å². The van der Waals surface area contributed by atoms with E-state index in [9.17, 15) is 17.6 Å². The first-order chi connectivity index (χ1) is 7.87. The Balaban J connectivity index is 3.24. The zero-order chi connectivity index (χ0) is 13.1. The highest BCUT2D eigenvalue weighted by molar-refractivity contribution is 5.38. The van der Waals surface area contributed by atoms with Crippen molar-refractivity contribution in [3.8, 4) is 11.9 Å². The Hall–Kier alpha value is -1.84. The summed E-state index contributed by atoms with van der Waals surface area (Å²) in [6.07, 6.45) is -5.13. The van der Waals surface area contributed by atoms with Gasteiger partial charge in [0.1, 0.15) is 6.67 Å². The number of aryl methyl sites for hydroxylation is 1. The molecule has 0 saturated carbocycles. The van der Waals surface area contributed by atoms with E-state index >= 15 is 0 Å². The fraction of sp³-hybridized carbons (Fsp3) is 0.400. The average molecular weight is 248 g/mol. The first-order valence-corrected chi connectivity index (χ1v) is 4.55. The molecule has 0 bridgehead atoms. The molecule has 0 unspecified atom stereocenters. The predicted octanol–water partition coefficient (Wildman–Crippen LogP) is 2.82. The molecule has 1 rings (SSSR count). The van der Waals surface area contributed by atoms with E-state index in [2.05, 4.69) is 9.72 Å². The van der Waals surface area contributed by atoms with E-state index < -0.39 is 18.9 Å². The Morgan fingerprint density at radius 3 is 2.59 bits per heavy atom. The van der Waals surface area contributed by atoms with Crippen LogP contribution in [-0.4, -0.2) is 11.3 Å². The quantitative estimate of drug-likeness (QED) is 0.772. The van der Waals surface area contributed by atoms with Crippen LogP contribution in [0.15, 0.2) is 6.07 Å². The second kappa shape index (κ2) is 4.99. The lowest BCUT2D eigenvalue weighted by atomic mass is 10.1. The van der Waals surface area contributed by atoms with E-state index in [0.717, 1.165) is 0 Å². The van der Waals surface area contributed by atoms with Crippen molar-refractivity contribution in [2.24, 2.45) is 0 Å². The smallest absolute Gasteiger partial charge is 0.387 e. The van der Waals surface area contributed by atoms with Crippen LogP contribution in [0.25, 0.3) is 0 Å². The summed E-state index contributed by atoms with van der Waals surface area (Å²) in [7, 11) is 0. The summed E-state index contributed by atoms with van der Waals surface area (Å²) in [5, 5.41) is 8.50. The van der Waals surface area contributed by atoms with Gasteiger partial charge in [-0.2, -0.15) is 5.26 Å². The monoisotopic (exact) mass is 248 g/mol. The number of nitriles is 1. The highest BCUT2D eigenvalue weighted by Crippen LogP contribution is 2.28. The minimum atomic E-state index is -4.94. The number of hydrogen-bond donors (Lipinski definition) is 0. The molecule has 1 aromatic rings. The Kier molecular flexibility index (Phi) is 3.89. The molecule has 0 saturated heterocycles. The molecule has 17 heavy (non-hydrogen) atoms. The molecule has 1 aromatic heterocycles. The molecular weight excluding hydrogens is 240 g/mol. The maximum absolute atomic E-state index is 12.7. The zero-order valence-corrected chi connectivity index (χ0v) is 8.81. The Morgan fingerprint density at radius 1 is 1.47 bits per heavy atom. The second-order valence-corrected chi connectivity index (χ2v) is 3.22. The number of aromatic nitrogens is 1. The largest absolute Gasteiger partial charge is 0.574 e. The van der Waals surface area contributed by atoms with Crippen molar-refractivity contribution in [3.63, 3.8) is 0 Å². The van der Waals surface area contributed by atoms with Gasteiger partial charge in [-0.3, -0.25) is 0 Å². The van der Waals surface area contributed by atoms with Gasteiger partial charge in [0.05, 0.1) is 12.5 Å². The third-order valence-electron chi connectivity index (χ3n) is 1.92. The van der Waals surface area contributed by atoms with Gasteiger partial charge in [-0.15, -0.1) is 13.2 Å². The number of nitrogens with zero attached hydrogens (tertiary/aromatic N) is 2. The van der Waals surface area contributed by atoms with E-state index in [-0.39, 0.29) is 23.2 Å². The van der Waals surface area contributed by atoms with Crippen LogP contribution >= 0.6 is 0 Å². The number of pyridine rings is 1. The third kappa shape index (κ3) is 3.59. The van der Waals surface area contributed by atoms with Crippen LogP contribution in [0, 0.1) is 18.3 Å². The van der Waals surface area contributed by atoms with E-state index in [1.165, 1.54) is 13.0 Å². The molecule has 0 aliphatic rings. The van der Waals surface area contributed by atoms with Gasteiger partial charge in [0, 0.05) is 11.3 Å². The van der Waals surface area contributed by atoms with Crippen molar-refractivity contribution in [1.29, 1.82) is 5.26 Å². The Labute approximate surface area is 94.6 Å². The topological polar surface area (TPSA) is 45.9 Å². The van der Waals surface area contributed by atoms with E-state index in [1.54, 1.807) is 6.07 Å². The zero-order valence-electron chi connectivity index (χ0n) is 8.81. The molecule has 0 aliphatic heterocycles. The second-order valence-electron chi connectivity index (χ2n) is 3.22. The standard InChI is InChI=1S/C10H8F4N2O/c1-6-4-7(2-3-15)8(5-11)9(16-6)17-10(12,13)14/h4H,2,5H2,1H3. The lowest BCUT2D eigenvalue weighted by Gasteiger charge is -2.13. The summed E-state index contributed by atoms with van der Waals surface area (Å²) in [4.78, 5) is 3.48. The van der Waals surface area contributed by atoms with E-state index in [0.29, 0.717) is 0 Å². The molecule has 1 heterocycles. The molecular formula is C10H8F4N2O. The highest BCUT2D eigenvalue weighted by atomic mass is 19.4. The molecule has 0 spiro atoms. The summed E-state index contributed by atoms with van der Waals surface area (Å²) >= 11 is 0. The number of alkyl halides is 4. The molecule has 0 N–H and O–H groups in total. The lowest BCUT2D eigenvalue weighted by molar-refractivity contribution is -0.276. The Morgan fingerprint density at radius 2 is 2.12 bits per heavy atom. The summed E-state index contributed by atoms with van der Waals surface area (Å²) in [5.74, 6) is -0.828. The Bertz CT molecular complexity index is 451. The minimum Gasteiger partial charge on any atom is -0.387 e. The number of rotatable bonds is 3. The van der Waals surface area contributed by atoms with Crippen molar-refractivity contribution in [1.82, 2.24) is 4.98 Å². The number of halogens is 4. The van der Waals surface area contributed by atoms with E-state index in [4.69, 9.17) is 5.26 Å². The molecule has 92 valence electrons. The van der Waals surface area contributed by atoms with Crippen LogP contribution in [0.1, 0.15) is 16.8 Å². The normalized spacial score (nSPS) is 11.1. The van der Waals surface area contributed by atoms with Gasteiger partial charge >= 0.3 is 6.36 Å². The lowest BCUT2D eigenvalue weighted by Crippen LogP contribution is -2.19. The van der Waals surface area contributed by atoms with Crippen LogP contribution in [-0.2, 0) is 13.1 Å². The summed E-state index contributed by atoms with van der Waals surface area (Å²) in [5.41, 5.74) is 0.0444. The van der Waals surface area contributed by atoms with Gasteiger partial charge < -0.3 is 4.74 Å². The molecule has 0 atom stereocenters. The van der Waals surface area contributed by atoms with Gasteiger partial charge in [0.15, 0.2) is 0 Å². The average Bonchev–Trinajstić information content (AvgIpc) is 2.15. The molecule has 0 amide bonds. The van der Waals surface area contributed by atoms with Gasteiger partial charge in [-0.1, -0.05) is 0 Å². The fourth-order valence-electron chi connectivity index (χ4n) is 1.32. The molecule has 0 aliphatic carbocycles. The minimum absolute atomic E-state index is 0.154. The third-order valence-corrected chi connectivity index (χ3v) is 1.92. The number of ether oxygens (including phenoxy) is 1. The van der Waals surface area contributed by atoms with Crippen LogP contribution in [0.5, 0.6) is 5.88 Å². The maximum atomic E-state index is 12.7. The van der Waals surface area contributed by atoms with Gasteiger partial charge in [-0.25, -0.2) is 9.37 Å². The van der Waals surface area contributed by atoms with Gasteiger partial charge in [0.25, 0.3) is 0 Å². The highest BCUT2D eigenvalue weighted by Gasteiger charge is 2.33. The van der Waals surface area contributed by atoms with Crippen molar-refractivity contribution in [2.75, 3.05) is 0 Å². The maximum Gasteiger partial charge on any atom is 0.574 e. The molecule has 0 aromatic carbocycles. The van der Waals surface area contributed by atoms with Crippen LogP contribution < -0.4 is 4.74 Å². The van der Waals surface area contributed by atoms with Crippen LogP contribution in [0.4, 0.5) is 17.6 Å². The molecule has 0 fully saturated rings. The predicted molar refractivity (Wildman–Crippen MR) is 49.8 cm³/mol. The van der Waals surface area contributed by atoms with Crippen molar-refractivity contribution >= 4 is 0 Å². The van der Waals surface area contributed by atoms with Crippen molar-refractivity contribution in [2.45, 2.75) is 26.4 Å². The first kappa shape index (κ1) is 13.2. The van der Waals surface area contributed by atoms with Crippen molar-refractivity contribution < 1.29 is 22.3 Å². The molecule has 3 nitrogen and oxygen atoms in total. The SMILES string of the molecule is Cc1cc(CC#N)c(CF)c(OC(F)(F)F)n1. The summed E-state index contributed by atoms with van der Waals surface area (Å²) in [6.45, 7) is 0.266. The summed E-state index contributed by atoms with van der Waals surface area (Å²) in [6, 6.07) is 3.11. The van der Waals surface area contributed by atoms with Crippen molar-refractivity contribution in [3.05, 3.63) is 22.9 Å². The van der Waals surface area contributed by atoms with Crippen LogP contribution in [0.2, 0.25) is 0 Å². The molecule has 7 heteroatoms. The van der Waals surface area contributed by atoms with Gasteiger partial charge in [-0.05, 0) is 18.6 Å².